The molecule has 0 aliphatic heterocycles. The van der Waals surface area contributed by atoms with Crippen LogP contribution in [0.4, 0.5) is 22.8 Å². The van der Waals surface area contributed by atoms with Crippen LogP contribution in [0.2, 0.25) is 0 Å². The molecule has 1 amide bonds. The average molecular weight is 459 g/mol. The number of ether oxygens (including phenoxy) is 2. The Morgan fingerprint density at radius 3 is 2.00 bits per heavy atom. The molecular weight excluding hydrogens is 435 g/mol. The van der Waals surface area contributed by atoms with Crippen LogP contribution < -0.4 is 0 Å². The van der Waals surface area contributed by atoms with E-state index in [0.717, 1.165) is 0 Å². The van der Waals surface area contributed by atoms with Crippen molar-refractivity contribution in [3.63, 3.8) is 0 Å². The van der Waals surface area contributed by atoms with Crippen molar-refractivity contribution in [2.45, 2.75) is 65.5 Å². The normalized spacial score (nSPS) is 12.3. The van der Waals surface area contributed by atoms with Crippen LogP contribution in [0.1, 0.15) is 53.0 Å². The first kappa shape index (κ1) is 25.0. The third-order valence-electron chi connectivity index (χ3n) is 3.38. The van der Waals surface area contributed by atoms with E-state index in [9.17, 15) is 22.8 Å². The van der Waals surface area contributed by atoms with Gasteiger partial charge in [0.15, 0.2) is 0 Å². The second-order valence-electron chi connectivity index (χ2n) is 8.69. The van der Waals surface area contributed by atoms with Crippen molar-refractivity contribution in [1.29, 1.82) is 0 Å². The van der Waals surface area contributed by atoms with Crippen molar-refractivity contribution in [3.05, 3.63) is 35.7 Å². The first-order valence-corrected chi connectivity index (χ1v) is 9.45. The summed E-state index contributed by atoms with van der Waals surface area (Å²) in [5, 5.41) is 3.99. The summed E-state index contributed by atoms with van der Waals surface area (Å²) in [5.41, 5.74) is -0.976. The van der Waals surface area contributed by atoms with E-state index in [0.29, 0.717) is 10.6 Å². The summed E-state index contributed by atoms with van der Waals surface area (Å²) in [5.74, 6) is -1.71. The Labute approximate surface area is 182 Å². The third kappa shape index (κ3) is 7.75. The van der Waals surface area contributed by atoms with Crippen molar-refractivity contribution in [2.75, 3.05) is 0 Å². The zero-order valence-corrected chi connectivity index (χ0v) is 18.4. The molecule has 0 bridgehead atoms. The van der Waals surface area contributed by atoms with Crippen LogP contribution in [-0.4, -0.2) is 38.7 Å². The lowest BCUT2D eigenvalue weighted by atomic mass is 10.1. The maximum atomic E-state index is 12.6. The maximum Gasteiger partial charge on any atom is 0.534 e. The van der Waals surface area contributed by atoms with Crippen LogP contribution in [0, 0.1) is 0 Å². The minimum atomic E-state index is -4.75. The summed E-state index contributed by atoms with van der Waals surface area (Å²) in [4.78, 5) is 32.9. The van der Waals surface area contributed by atoms with Gasteiger partial charge in [0.25, 0.3) is 0 Å². The minimum absolute atomic E-state index is 0.214. The number of hydroxylamine groups is 2. The van der Waals surface area contributed by atoms with E-state index in [-0.39, 0.29) is 17.9 Å². The van der Waals surface area contributed by atoms with Crippen molar-refractivity contribution >= 4 is 12.2 Å². The van der Waals surface area contributed by atoms with Gasteiger partial charge in [-0.15, -0.1) is 5.06 Å². The number of aromatic nitrogens is 2. The molecule has 0 spiro atoms. The van der Waals surface area contributed by atoms with E-state index >= 15 is 0 Å². The van der Waals surface area contributed by atoms with E-state index in [4.69, 9.17) is 14.3 Å². The number of benzene rings is 1. The molecule has 0 saturated heterocycles. The molecule has 0 aliphatic rings. The van der Waals surface area contributed by atoms with Crippen LogP contribution in [0.5, 0.6) is 0 Å². The predicted octanol–water partition coefficient (Wildman–Crippen LogP) is 5.36. The Hall–Kier alpha value is -3.31. The Bertz CT molecular complexity index is 943. The van der Waals surface area contributed by atoms with Gasteiger partial charge in [-0.25, -0.2) is 9.59 Å². The quantitative estimate of drug-likeness (QED) is 0.446. The Balaban J connectivity index is 2.18. The van der Waals surface area contributed by atoms with Gasteiger partial charge in [-0.3, -0.25) is 4.84 Å². The first-order chi connectivity index (χ1) is 14.5. The largest absolute Gasteiger partial charge is 0.534 e. The molecule has 2 aromatic rings. The first-order valence-electron chi connectivity index (χ1n) is 9.45. The van der Waals surface area contributed by atoms with E-state index in [1.807, 2.05) is 0 Å². The second-order valence-corrected chi connectivity index (χ2v) is 8.69. The van der Waals surface area contributed by atoms with Crippen LogP contribution in [0.3, 0.4) is 0 Å². The highest BCUT2D eigenvalue weighted by atomic mass is 19.4. The number of hydrogen-bond acceptors (Lipinski definition) is 8. The van der Waals surface area contributed by atoms with E-state index < -0.39 is 35.5 Å². The highest BCUT2D eigenvalue weighted by Gasteiger charge is 2.38. The van der Waals surface area contributed by atoms with E-state index in [1.54, 1.807) is 41.5 Å². The van der Waals surface area contributed by atoms with Crippen molar-refractivity contribution in [2.24, 2.45) is 0 Å². The molecule has 12 heteroatoms. The van der Waals surface area contributed by atoms with Crippen LogP contribution >= 0.6 is 0 Å². The number of nitrogens with zero attached hydrogens (tertiary/aromatic N) is 3. The zero-order chi connectivity index (χ0) is 24.3. The van der Waals surface area contributed by atoms with Gasteiger partial charge in [-0.2, -0.15) is 18.2 Å². The molecule has 1 heterocycles. The van der Waals surface area contributed by atoms with Gasteiger partial charge in [0.05, 0.1) is 6.54 Å². The van der Waals surface area contributed by atoms with Gasteiger partial charge in [-0.1, -0.05) is 29.4 Å². The smallest absolute Gasteiger partial charge is 0.442 e. The van der Waals surface area contributed by atoms with Gasteiger partial charge in [0.1, 0.15) is 11.2 Å². The minimum Gasteiger partial charge on any atom is -0.442 e. The standard InChI is InChI=1S/C20H24F3N3O6/c1-18(2,3)29-16(27)26(32-17(28)30-19(4,5)6)11-12-7-9-13(10-8-12)14-24-15(31-25-14)20(21,22)23/h7-10H,11H2,1-6H3. The lowest BCUT2D eigenvalue weighted by Gasteiger charge is -2.27. The molecule has 1 aromatic heterocycles. The molecular formula is C20H24F3N3O6. The lowest BCUT2D eigenvalue weighted by molar-refractivity contribution is -0.159. The SMILES string of the molecule is CC(C)(C)OC(=O)ON(Cc1ccc(-c2noc(C(F)(F)F)n2)cc1)C(=O)OC(C)(C)C. The average Bonchev–Trinajstić information content (AvgIpc) is 3.09. The summed E-state index contributed by atoms with van der Waals surface area (Å²) in [7, 11) is 0. The fourth-order valence-corrected chi connectivity index (χ4v) is 2.19. The second kappa shape index (κ2) is 9.05. The molecule has 0 atom stereocenters. The summed E-state index contributed by atoms with van der Waals surface area (Å²) >= 11 is 0. The summed E-state index contributed by atoms with van der Waals surface area (Å²) < 4.78 is 52.4. The van der Waals surface area contributed by atoms with Gasteiger partial charge in [-0.05, 0) is 47.1 Å². The number of halogens is 3. The molecule has 0 saturated carbocycles. The van der Waals surface area contributed by atoms with Crippen molar-refractivity contribution in [3.8, 4) is 11.4 Å². The highest BCUT2D eigenvalue weighted by Crippen LogP contribution is 2.29. The maximum absolute atomic E-state index is 12.6. The molecule has 0 aliphatic carbocycles. The van der Waals surface area contributed by atoms with E-state index in [2.05, 4.69) is 14.7 Å². The zero-order valence-electron chi connectivity index (χ0n) is 18.4. The molecule has 2 rings (SSSR count). The predicted molar refractivity (Wildman–Crippen MR) is 104 cm³/mol. The molecule has 0 fully saturated rings. The van der Waals surface area contributed by atoms with Gasteiger partial charge in [0.2, 0.25) is 5.82 Å². The van der Waals surface area contributed by atoms with Gasteiger partial charge >= 0.3 is 24.3 Å². The van der Waals surface area contributed by atoms with E-state index in [1.165, 1.54) is 24.3 Å². The molecule has 0 radical (unpaired) electrons. The number of carbonyl (C=O) groups excluding carboxylic acids is 2. The third-order valence-corrected chi connectivity index (χ3v) is 3.38. The topological polar surface area (TPSA) is 104 Å². The Morgan fingerprint density at radius 1 is 0.969 bits per heavy atom. The number of hydrogen-bond donors (Lipinski definition) is 0. The van der Waals surface area contributed by atoms with Gasteiger partial charge in [0, 0.05) is 5.56 Å². The fraction of sp³-hybridized carbons (Fsp3) is 0.500. The Morgan fingerprint density at radius 2 is 1.53 bits per heavy atom. The van der Waals surface area contributed by atoms with Crippen molar-refractivity contribution < 1.29 is 41.6 Å². The summed E-state index contributed by atoms with van der Waals surface area (Å²) in [6.45, 7) is 9.61. The lowest BCUT2D eigenvalue weighted by Crippen LogP contribution is -2.39. The number of amides is 1. The summed E-state index contributed by atoms with van der Waals surface area (Å²) in [6.07, 6.45) is -6.79. The molecule has 176 valence electrons. The number of alkyl halides is 3. The highest BCUT2D eigenvalue weighted by molar-refractivity contribution is 5.70. The molecule has 1 aromatic carbocycles. The fourth-order valence-electron chi connectivity index (χ4n) is 2.19. The van der Waals surface area contributed by atoms with Crippen LogP contribution in [0.25, 0.3) is 11.4 Å². The Kier molecular flexibility index (Phi) is 7.06. The van der Waals surface area contributed by atoms with Crippen LogP contribution in [0.15, 0.2) is 28.8 Å². The van der Waals surface area contributed by atoms with Gasteiger partial charge < -0.3 is 14.0 Å². The number of rotatable bonds is 3. The molecule has 0 N–H and O–H groups in total. The summed E-state index contributed by atoms with van der Waals surface area (Å²) in [6, 6.07) is 5.85. The molecule has 0 unspecified atom stereocenters. The molecule has 9 nitrogen and oxygen atoms in total. The monoisotopic (exact) mass is 459 g/mol. The molecule has 32 heavy (non-hydrogen) atoms. The van der Waals surface area contributed by atoms with Crippen LogP contribution in [-0.2, 0) is 27.0 Å². The van der Waals surface area contributed by atoms with Crippen molar-refractivity contribution in [1.82, 2.24) is 15.2 Å². The number of carbonyl (C=O) groups is 2.